The number of nitrogen functional groups attached to an aromatic ring is 1. The normalized spacial score (nSPS) is 13.5. The Balaban J connectivity index is 3.09. The molecule has 0 radical (unpaired) electrons. The molecule has 0 aliphatic rings. The zero-order valence-electron chi connectivity index (χ0n) is 12.6. The number of halogens is 1. The first-order chi connectivity index (χ1) is 8.82. The maximum Gasteiger partial charge on any atom is 0.242 e. The van der Waals surface area contributed by atoms with Crippen LogP contribution in [-0.2, 0) is 10.0 Å². The lowest BCUT2D eigenvalue weighted by atomic mass is 9.82. The van der Waals surface area contributed by atoms with Gasteiger partial charge >= 0.3 is 0 Å². The Bertz CT molecular complexity index is 590. The van der Waals surface area contributed by atoms with Gasteiger partial charge in [0.15, 0.2) is 0 Å². The summed E-state index contributed by atoms with van der Waals surface area (Å²) in [5.41, 5.74) is 5.43. The third-order valence-corrected chi connectivity index (χ3v) is 4.81. The van der Waals surface area contributed by atoms with Gasteiger partial charge in [-0.25, -0.2) is 13.1 Å². The minimum Gasteiger partial charge on any atom is -0.399 e. The first-order valence-electron chi connectivity index (χ1n) is 6.41. The smallest absolute Gasteiger partial charge is 0.242 e. The van der Waals surface area contributed by atoms with E-state index in [9.17, 15) is 8.42 Å². The Morgan fingerprint density at radius 1 is 1.20 bits per heavy atom. The van der Waals surface area contributed by atoms with Crippen molar-refractivity contribution in [3.05, 3.63) is 23.2 Å². The molecule has 114 valence electrons. The van der Waals surface area contributed by atoms with Gasteiger partial charge in [-0.2, -0.15) is 0 Å². The maximum absolute atomic E-state index is 12.5. The molecule has 0 aliphatic carbocycles. The quantitative estimate of drug-likeness (QED) is 0.835. The lowest BCUT2D eigenvalue weighted by molar-refractivity contribution is 0.269. The van der Waals surface area contributed by atoms with Crippen molar-refractivity contribution in [2.75, 3.05) is 5.73 Å². The summed E-state index contributed by atoms with van der Waals surface area (Å²) in [7, 11) is -3.71. The zero-order valence-corrected chi connectivity index (χ0v) is 14.2. The minimum absolute atomic E-state index is 0.00549. The third-order valence-electron chi connectivity index (χ3n) is 2.63. The summed E-state index contributed by atoms with van der Waals surface area (Å²) >= 11 is 5.97. The number of nitrogens with two attached hydrogens (primary N) is 1. The van der Waals surface area contributed by atoms with E-state index in [1.165, 1.54) is 12.1 Å². The third kappa shape index (κ3) is 4.96. The molecule has 4 nitrogen and oxygen atoms in total. The van der Waals surface area contributed by atoms with Gasteiger partial charge in [-0.05, 0) is 43.9 Å². The second-order valence-corrected chi connectivity index (χ2v) is 8.97. The summed E-state index contributed by atoms with van der Waals surface area (Å²) in [6.07, 6.45) is 0.694. The van der Waals surface area contributed by atoms with Gasteiger partial charge in [0.05, 0.1) is 5.02 Å². The lowest BCUT2D eigenvalue weighted by Crippen LogP contribution is -2.45. The van der Waals surface area contributed by atoms with Crippen molar-refractivity contribution in [3.8, 4) is 0 Å². The van der Waals surface area contributed by atoms with E-state index in [-0.39, 0.29) is 15.3 Å². The van der Waals surface area contributed by atoms with Gasteiger partial charge < -0.3 is 5.73 Å². The second kappa shape index (κ2) is 5.54. The van der Waals surface area contributed by atoms with E-state index >= 15 is 0 Å². The molecule has 20 heavy (non-hydrogen) atoms. The van der Waals surface area contributed by atoms with E-state index in [0.29, 0.717) is 12.1 Å². The molecule has 0 spiro atoms. The molecule has 0 amide bonds. The van der Waals surface area contributed by atoms with Crippen LogP contribution in [0.2, 0.25) is 5.02 Å². The molecule has 3 N–H and O–H groups in total. The molecule has 0 unspecified atom stereocenters. The van der Waals surface area contributed by atoms with E-state index in [4.69, 9.17) is 17.3 Å². The van der Waals surface area contributed by atoms with Gasteiger partial charge in [0.25, 0.3) is 0 Å². The average Bonchev–Trinajstić information content (AvgIpc) is 2.15. The molecule has 0 atom stereocenters. The molecular formula is C14H23ClN2O2S. The van der Waals surface area contributed by atoms with Gasteiger partial charge in [0, 0.05) is 11.2 Å². The highest BCUT2D eigenvalue weighted by molar-refractivity contribution is 7.89. The van der Waals surface area contributed by atoms with Crippen LogP contribution in [0.4, 0.5) is 5.69 Å². The van der Waals surface area contributed by atoms with E-state index in [1.54, 1.807) is 6.07 Å². The van der Waals surface area contributed by atoms with Crippen LogP contribution in [0, 0.1) is 5.41 Å². The Kier molecular flexibility index (Phi) is 4.79. The number of benzene rings is 1. The van der Waals surface area contributed by atoms with E-state index in [2.05, 4.69) is 25.5 Å². The van der Waals surface area contributed by atoms with Crippen LogP contribution in [0.15, 0.2) is 23.1 Å². The van der Waals surface area contributed by atoms with E-state index < -0.39 is 15.6 Å². The van der Waals surface area contributed by atoms with Gasteiger partial charge in [-0.15, -0.1) is 0 Å². The van der Waals surface area contributed by atoms with Gasteiger partial charge in [0.1, 0.15) is 4.90 Å². The summed E-state index contributed by atoms with van der Waals surface area (Å²) in [6.45, 7) is 9.91. The Labute approximate surface area is 126 Å². The van der Waals surface area contributed by atoms with Crippen molar-refractivity contribution in [2.45, 2.75) is 51.5 Å². The Morgan fingerprint density at radius 2 is 1.75 bits per heavy atom. The molecule has 0 saturated carbocycles. The van der Waals surface area contributed by atoms with Gasteiger partial charge in [0.2, 0.25) is 10.0 Å². The zero-order chi connectivity index (χ0) is 15.8. The Morgan fingerprint density at radius 3 is 2.25 bits per heavy atom. The molecule has 1 aromatic carbocycles. The fraction of sp³-hybridized carbons (Fsp3) is 0.571. The fourth-order valence-electron chi connectivity index (χ4n) is 2.51. The van der Waals surface area contributed by atoms with Crippen LogP contribution < -0.4 is 10.5 Å². The summed E-state index contributed by atoms with van der Waals surface area (Å²) in [5, 5.41) is 0.165. The van der Waals surface area contributed by atoms with Crippen molar-refractivity contribution >= 4 is 27.3 Å². The first kappa shape index (κ1) is 17.3. The molecule has 1 rings (SSSR count). The summed E-state index contributed by atoms with van der Waals surface area (Å²) in [5.74, 6) is 0. The number of nitrogens with one attached hydrogen (secondary N) is 1. The molecule has 0 bridgehead atoms. The first-order valence-corrected chi connectivity index (χ1v) is 8.28. The highest BCUT2D eigenvalue weighted by atomic mass is 35.5. The van der Waals surface area contributed by atoms with E-state index in [0.717, 1.165) is 0 Å². The second-order valence-electron chi connectivity index (χ2n) is 6.92. The number of sulfonamides is 1. The maximum atomic E-state index is 12.5. The predicted molar refractivity (Wildman–Crippen MR) is 84.3 cm³/mol. The van der Waals surface area contributed by atoms with Crippen molar-refractivity contribution in [2.24, 2.45) is 5.41 Å². The number of hydrogen-bond donors (Lipinski definition) is 2. The van der Waals surface area contributed by atoms with Crippen LogP contribution >= 0.6 is 11.6 Å². The van der Waals surface area contributed by atoms with Crippen molar-refractivity contribution < 1.29 is 8.42 Å². The van der Waals surface area contributed by atoms with Crippen LogP contribution in [0.3, 0.4) is 0 Å². The minimum atomic E-state index is -3.71. The van der Waals surface area contributed by atoms with Gasteiger partial charge in [-0.1, -0.05) is 32.4 Å². The number of rotatable bonds is 4. The van der Waals surface area contributed by atoms with E-state index in [1.807, 2.05) is 13.8 Å². The largest absolute Gasteiger partial charge is 0.399 e. The highest BCUT2D eigenvalue weighted by Crippen LogP contribution is 2.30. The highest BCUT2D eigenvalue weighted by Gasteiger charge is 2.31. The SMILES string of the molecule is CC(C)(C)CC(C)(C)NS(=O)(=O)c1cc(N)ccc1Cl. The van der Waals surface area contributed by atoms with Crippen LogP contribution in [-0.4, -0.2) is 14.0 Å². The van der Waals surface area contributed by atoms with Crippen molar-refractivity contribution in [3.63, 3.8) is 0 Å². The van der Waals surface area contributed by atoms with Crippen LogP contribution in [0.5, 0.6) is 0 Å². The molecule has 6 heteroatoms. The summed E-state index contributed by atoms with van der Waals surface area (Å²) in [4.78, 5) is 0.0150. The predicted octanol–water partition coefficient (Wildman–Crippen LogP) is 3.42. The summed E-state index contributed by atoms with van der Waals surface area (Å²) < 4.78 is 27.6. The number of hydrogen-bond acceptors (Lipinski definition) is 3. The summed E-state index contributed by atoms with van der Waals surface area (Å²) in [6, 6.07) is 4.43. The topological polar surface area (TPSA) is 72.2 Å². The number of anilines is 1. The molecular weight excluding hydrogens is 296 g/mol. The molecule has 0 saturated heterocycles. The molecule has 0 heterocycles. The lowest BCUT2D eigenvalue weighted by Gasteiger charge is -2.33. The molecule has 1 aromatic rings. The molecule has 0 fully saturated rings. The average molecular weight is 319 g/mol. The molecule has 0 aromatic heterocycles. The van der Waals surface area contributed by atoms with Gasteiger partial charge in [-0.3, -0.25) is 0 Å². The van der Waals surface area contributed by atoms with Crippen LogP contribution in [0.1, 0.15) is 41.0 Å². The monoisotopic (exact) mass is 318 g/mol. The fourth-order valence-corrected chi connectivity index (χ4v) is 4.45. The standard InChI is InChI=1S/C14H23ClN2O2S/c1-13(2,3)9-14(4,5)17-20(18,19)12-8-10(16)6-7-11(12)15/h6-8,17H,9,16H2,1-5H3. The molecule has 0 aliphatic heterocycles. The van der Waals surface area contributed by atoms with Crippen LogP contribution in [0.25, 0.3) is 0 Å². The van der Waals surface area contributed by atoms with Crippen molar-refractivity contribution in [1.82, 2.24) is 4.72 Å². The van der Waals surface area contributed by atoms with Crippen molar-refractivity contribution in [1.29, 1.82) is 0 Å². The Hall–Kier alpha value is -0.780.